The molecule has 0 N–H and O–H groups in total. The molecule has 0 spiro atoms. The fourth-order valence-electron chi connectivity index (χ4n) is 2.72. The van der Waals surface area contributed by atoms with Crippen molar-refractivity contribution in [3.05, 3.63) is 0 Å². The highest BCUT2D eigenvalue weighted by Crippen LogP contribution is 2.42. The van der Waals surface area contributed by atoms with Gasteiger partial charge in [-0.3, -0.25) is 0 Å². The molecular formula is C11H26OSSi. The smallest absolute Gasteiger partial charge is 0.200 e. The minimum Gasteiger partial charge on any atom is -0.415 e. The van der Waals surface area contributed by atoms with E-state index in [1.165, 1.54) is 0 Å². The van der Waals surface area contributed by atoms with E-state index >= 15 is 0 Å². The summed E-state index contributed by atoms with van der Waals surface area (Å²) in [5.74, 6) is 0.834. The highest BCUT2D eigenvalue weighted by molar-refractivity contribution is 7.80. The van der Waals surface area contributed by atoms with Gasteiger partial charge in [0.25, 0.3) is 0 Å². The van der Waals surface area contributed by atoms with Gasteiger partial charge >= 0.3 is 0 Å². The number of hydrogen-bond acceptors (Lipinski definition) is 2. The Balaban J connectivity index is 4.76. The van der Waals surface area contributed by atoms with Gasteiger partial charge in [-0.25, -0.2) is 0 Å². The predicted molar refractivity (Wildman–Crippen MR) is 70.9 cm³/mol. The Morgan fingerprint density at radius 1 is 0.929 bits per heavy atom. The fraction of sp³-hybridized carbons (Fsp3) is 1.00. The second-order valence-electron chi connectivity index (χ2n) is 4.89. The number of rotatable bonds is 6. The van der Waals surface area contributed by atoms with Crippen molar-refractivity contribution in [1.29, 1.82) is 0 Å². The van der Waals surface area contributed by atoms with Gasteiger partial charge in [-0.15, -0.1) is 0 Å². The van der Waals surface area contributed by atoms with Gasteiger partial charge < -0.3 is 4.43 Å². The highest BCUT2D eigenvalue weighted by atomic mass is 32.1. The normalized spacial score (nSPS) is 13.3. The molecule has 0 rings (SSSR count). The molecule has 0 aliphatic heterocycles. The van der Waals surface area contributed by atoms with Crippen LogP contribution >= 0.6 is 12.6 Å². The second-order valence-corrected chi connectivity index (χ2v) is 10.8. The first-order valence-electron chi connectivity index (χ1n) is 5.64. The monoisotopic (exact) mass is 234 g/mol. The molecule has 0 amide bonds. The zero-order chi connectivity index (χ0) is 11.4. The summed E-state index contributed by atoms with van der Waals surface area (Å²) in [4.78, 5) is 0. The summed E-state index contributed by atoms with van der Waals surface area (Å²) in [5.41, 5.74) is 2.05. The van der Waals surface area contributed by atoms with Crippen LogP contribution in [-0.2, 0) is 4.43 Å². The SMILES string of the molecule is CC(C)[Si](OCCS)(C(C)C)C(C)C. The van der Waals surface area contributed by atoms with Gasteiger partial charge in [0.05, 0.1) is 0 Å². The standard InChI is InChI=1S/C11H26OSSi/c1-9(2)14(10(3)4,11(5)6)12-7-8-13/h9-11,13H,7-8H2,1-6H3. The lowest BCUT2D eigenvalue weighted by molar-refractivity contribution is 0.300. The van der Waals surface area contributed by atoms with Crippen LogP contribution in [0.5, 0.6) is 0 Å². The third-order valence-corrected chi connectivity index (χ3v) is 9.45. The van der Waals surface area contributed by atoms with Crippen molar-refractivity contribution in [2.45, 2.75) is 58.2 Å². The Bertz CT molecular complexity index is 136. The summed E-state index contributed by atoms with van der Waals surface area (Å²) >= 11 is 4.23. The van der Waals surface area contributed by atoms with Crippen LogP contribution in [0, 0.1) is 0 Å². The van der Waals surface area contributed by atoms with Crippen molar-refractivity contribution in [1.82, 2.24) is 0 Å². The average molecular weight is 234 g/mol. The first-order valence-corrected chi connectivity index (χ1v) is 8.41. The lowest BCUT2D eigenvalue weighted by Gasteiger charge is -2.42. The second kappa shape index (κ2) is 6.18. The van der Waals surface area contributed by atoms with E-state index in [2.05, 4.69) is 54.2 Å². The quantitative estimate of drug-likeness (QED) is 0.537. The minimum atomic E-state index is -1.60. The number of thiol groups is 1. The largest absolute Gasteiger partial charge is 0.415 e. The molecule has 0 aliphatic carbocycles. The van der Waals surface area contributed by atoms with E-state index < -0.39 is 8.32 Å². The molecule has 0 fully saturated rings. The zero-order valence-electron chi connectivity index (χ0n) is 10.5. The molecule has 0 aliphatic rings. The van der Waals surface area contributed by atoms with Crippen molar-refractivity contribution >= 4 is 20.9 Å². The van der Waals surface area contributed by atoms with Crippen LogP contribution in [0.2, 0.25) is 16.6 Å². The van der Waals surface area contributed by atoms with Crippen LogP contribution in [0.3, 0.4) is 0 Å². The molecule has 0 radical (unpaired) electrons. The summed E-state index contributed by atoms with van der Waals surface area (Å²) in [6.07, 6.45) is 0. The first-order chi connectivity index (χ1) is 6.39. The van der Waals surface area contributed by atoms with E-state index in [1.54, 1.807) is 0 Å². The summed E-state index contributed by atoms with van der Waals surface area (Å²) in [6, 6.07) is 0. The van der Waals surface area contributed by atoms with Crippen LogP contribution in [-0.4, -0.2) is 20.7 Å². The van der Waals surface area contributed by atoms with E-state index in [0.717, 1.165) is 12.4 Å². The Labute approximate surface area is 96.2 Å². The molecule has 1 nitrogen and oxygen atoms in total. The Hall–Kier alpha value is 0.527. The molecular weight excluding hydrogens is 208 g/mol. The van der Waals surface area contributed by atoms with Crippen molar-refractivity contribution < 1.29 is 4.43 Å². The molecule has 0 saturated heterocycles. The topological polar surface area (TPSA) is 9.23 Å². The Morgan fingerprint density at radius 3 is 1.50 bits per heavy atom. The summed E-state index contributed by atoms with van der Waals surface area (Å²) in [6.45, 7) is 14.7. The molecule has 0 aromatic heterocycles. The molecule has 0 unspecified atom stereocenters. The van der Waals surface area contributed by atoms with Gasteiger partial charge in [0, 0.05) is 12.4 Å². The van der Waals surface area contributed by atoms with Crippen LogP contribution in [0.4, 0.5) is 0 Å². The average Bonchev–Trinajstić information content (AvgIpc) is 2.03. The van der Waals surface area contributed by atoms with Gasteiger partial charge in [0.15, 0.2) is 8.32 Å². The fourth-order valence-corrected chi connectivity index (χ4v) is 8.44. The molecule has 3 heteroatoms. The van der Waals surface area contributed by atoms with Crippen LogP contribution in [0.1, 0.15) is 41.5 Å². The molecule has 14 heavy (non-hydrogen) atoms. The third kappa shape index (κ3) is 3.01. The van der Waals surface area contributed by atoms with Crippen molar-refractivity contribution in [3.63, 3.8) is 0 Å². The molecule has 0 heterocycles. The number of hydrogen-bond donors (Lipinski definition) is 1. The van der Waals surface area contributed by atoms with Crippen molar-refractivity contribution in [2.24, 2.45) is 0 Å². The van der Waals surface area contributed by atoms with Gasteiger partial charge in [0.2, 0.25) is 0 Å². The molecule has 0 atom stereocenters. The molecule has 0 aromatic carbocycles. The molecule has 0 bridgehead atoms. The lowest BCUT2D eigenvalue weighted by atomic mass is 10.5. The van der Waals surface area contributed by atoms with Gasteiger partial charge in [0.1, 0.15) is 0 Å². The van der Waals surface area contributed by atoms with Gasteiger partial charge in [-0.05, 0) is 16.6 Å². The minimum absolute atomic E-state index is 0.683. The van der Waals surface area contributed by atoms with Crippen molar-refractivity contribution in [2.75, 3.05) is 12.4 Å². The summed E-state index contributed by atoms with van der Waals surface area (Å²) in [5, 5.41) is 0. The zero-order valence-corrected chi connectivity index (χ0v) is 12.4. The Kier molecular flexibility index (Phi) is 6.42. The maximum Gasteiger partial charge on any atom is 0.200 e. The van der Waals surface area contributed by atoms with Gasteiger partial charge in [-0.2, -0.15) is 12.6 Å². The van der Waals surface area contributed by atoms with Crippen LogP contribution in [0.15, 0.2) is 0 Å². The summed E-state index contributed by atoms with van der Waals surface area (Å²) in [7, 11) is -1.60. The van der Waals surface area contributed by atoms with E-state index in [4.69, 9.17) is 4.43 Å². The Morgan fingerprint density at radius 2 is 1.29 bits per heavy atom. The molecule has 0 saturated carbocycles. The van der Waals surface area contributed by atoms with Crippen molar-refractivity contribution in [3.8, 4) is 0 Å². The maximum atomic E-state index is 6.23. The van der Waals surface area contributed by atoms with E-state index in [-0.39, 0.29) is 0 Å². The van der Waals surface area contributed by atoms with E-state index in [9.17, 15) is 0 Å². The predicted octanol–water partition coefficient (Wildman–Crippen LogP) is 4.11. The highest BCUT2D eigenvalue weighted by Gasteiger charge is 2.44. The van der Waals surface area contributed by atoms with Crippen LogP contribution in [0.25, 0.3) is 0 Å². The maximum absolute atomic E-state index is 6.23. The third-order valence-electron chi connectivity index (χ3n) is 3.15. The van der Waals surface area contributed by atoms with Crippen LogP contribution < -0.4 is 0 Å². The van der Waals surface area contributed by atoms with E-state index in [1.807, 2.05) is 0 Å². The van der Waals surface area contributed by atoms with E-state index in [0.29, 0.717) is 16.6 Å². The van der Waals surface area contributed by atoms with Gasteiger partial charge in [-0.1, -0.05) is 41.5 Å². The first kappa shape index (κ1) is 14.5. The lowest BCUT2D eigenvalue weighted by Crippen LogP contribution is -2.48. The summed E-state index contributed by atoms with van der Waals surface area (Å²) < 4.78 is 6.23. The molecule has 86 valence electrons. The molecule has 0 aromatic rings.